The summed E-state index contributed by atoms with van der Waals surface area (Å²) in [5.74, 6) is 0.594. The lowest BCUT2D eigenvalue weighted by atomic mass is 10.0. The number of aromatic nitrogens is 4. The highest BCUT2D eigenvalue weighted by molar-refractivity contribution is 7.91. The Morgan fingerprint density at radius 2 is 1.97 bits per heavy atom. The molecule has 1 fully saturated rings. The lowest BCUT2D eigenvalue weighted by Crippen LogP contribution is -2.20. The number of carbonyl (C=O) groups is 1. The maximum Gasteiger partial charge on any atom is 0.245 e. The van der Waals surface area contributed by atoms with Crippen LogP contribution in [0.5, 0.6) is 5.75 Å². The van der Waals surface area contributed by atoms with Gasteiger partial charge < -0.3 is 10.4 Å². The molecular formula is C23H27N5O4S. The predicted octanol–water partition coefficient (Wildman–Crippen LogP) is 4.15. The van der Waals surface area contributed by atoms with E-state index in [0.717, 1.165) is 18.5 Å². The van der Waals surface area contributed by atoms with Gasteiger partial charge in [-0.2, -0.15) is 9.78 Å². The Morgan fingerprint density at radius 3 is 2.61 bits per heavy atom. The molecule has 0 spiro atoms. The third-order valence-corrected chi connectivity index (χ3v) is 7.33. The number of rotatable bonds is 6. The molecule has 0 atom stereocenters. The van der Waals surface area contributed by atoms with Crippen LogP contribution in [-0.2, 0) is 9.84 Å². The Hall–Kier alpha value is -3.27. The quantitative estimate of drug-likeness (QED) is 0.551. The summed E-state index contributed by atoms with van der Waals surface area (Å²) in [6.45, 7) is 7.02. The molecule has 0 unspecified atom stereocenters. The third-order valence-electron chi connectivity index (χ3n) is 5.11. The van der Waals surface area contributed by atoms with E-state index < -0.39 is 9.84 Å². The molecule has 0 radical (unpaired) electrons. The van der Waals surface area contributed by atoms with Crippen LogP contribution < -0.4 is 5.32 Å². The standard InChI is InChI=1S/C23H27N5O4S/c1-14(29)28-20(11-18(27-28)15-8-9-15)25-22-19(30)12-24-21(26-22)16-6-5-7-17(10-16)33(31,32)13-23(2,3)4/h5-7,10-12,15,30H,8-9,13H2,1-4H3,(H,24,25,26). The van der Waals surface area contributed by atoms with Crippen molar-refractivity contribution in [2.45, 2.75) is 51.3 Å². The number of hydrogen-bond donors (Lipinski definition) is 2. The van der Waals surface area contributed by atoms with E-state index in [0.29, 0.717) is 17.3 Å². The van der Waals surface area contributed by atoms with E-state index in [1.165, 1.54) is 23.9 Å². The highest BCUT2D eigenvalue weighted by Crippen LogP contribution is 2.40. The number of benzene rings is 1. The molecule has 10 heteroatoms. The minimum Gasteiger partial charge on any atom is -0.503 e. The van der Waals surface area contributed by atoms with Crippen LogP contribution in [0.15, 0.2) is 41.4 Å². The topological polar surface area (TPSA) is 127 Å². The van der Waals surface area contributed by atoms with Gasteiger partial charge in [0.1, 0.15) is 5.82 Å². The predicted molar refractivity (Wildman–Crippen MR) is 124 cm³/mol. The minimum atomic E-state index is -3.50. The average Bonchev–Trinajstić information content (AvgIpc) is 3.48. The smallest absolute Gasteiger partial charge is 0.245 e. The zero-order valence-electron chi connectivity index (χ0n) is 19.0. The average molecular weight is 470 g/mol. The van der Waals surface area contributed by atoms with Crippen molar-refractivity contribution in [2.24, 2.45) is 5.41 Å². The van der Waals surface area contributed by atoms with Crippen molar-refractivity contribution < 1.29 is 18.3 Å². The third kappa shape index (κ3) is 5.22. The van der Waals surface area contributed by atoms with Crippen LogP contribution in [0.1, 0.15) is 56.9 Å². The molecular weight excluding hydrogens is 442 g/mol. The van der Waals surface area contributed by atoms with Crippen LogP contribution in [-0.4, -0.2) is 44.9 Å². The second kappa shape index (κ2) is 8.26. The first kappa shape index (κ1) is 22.9. The SMILES string of the molecule is CC(=O)n1nc(C2CC2)cc1Nc1nc(-c2cccc(S(=O)(=O)CC(C)(C)C)c2)ncc1O. The molecule has 1 aliphatic rings. The molecule has 1 aromatic carbocycles. The molecule has 0 amide bonds. The highest BCUT2D eigenvalue weighted by atomic mass is 32.2. The van der Waals surface area contributed by atoms with Gasteiger partial charge in [-0.05, 0) is 30.4 Å². The van der Waals surface area contributed by atoms with Gasteiger partial charge in [0.05, 0.1) is 22.5 Å². The monoisotopic (exact) mass is 469 g/mol. The van der Waals surface area contributed by atoms with Crippen LogP contribution in [0.25, 0.3) is 11.4 Å². The van der Waals surface area contributed by atoms with E-state index in [-0.39, 0.29) is 39.4 Å². The normalized spacial score (nSPS) is 14.3. The van der Waals surface area contributed by atoms with Crippen molar-refractivity contribution >= 4 is 27.4 Å². The number of carbonyl (C=O) groups excluding carboxylic acids is 1. The second-order valence-electron chi connectivity index (χ2n) is 9.56. The fourth-order valence-corrected chi connectivity index (χ4v) is 5.42. The fourth-order valence-electron chi connectivity index (χ4n) is 3.52. The molecule has 2 heterocycles. The summed E-state index contributed by atoms with van der Waals surface area (Å²) in [7, 11) is -3.50. The highest BCUT2D eigenvalue weighted by Gasteiger charge is 2.28. The Balaban J connectivity index is 1.67. The van der Waals surface area contributed by atoms with E-state index in [1.807, 2.05) is 20.8 Å². The first-order valence-corrected chi connectivity index (χ1v) is 12.4. The Morgan fingerprint density at radius 1 is 1.24 bits per heavy atom. The van der Waals surface area contributed by atoms with Crippen molar-refractivity contribution in [3.63, 3.8) is 0 Å². The zero-order chi connectivity index (χ0) is 24.0. The van der Waals surface area contributed by atoms with Gasteiger partial charge in [0, 0.05) is 24.5 Å². The largest absolute Gasteiger partial charge is 0.503 e. The molecule has 0 aliphatic heterocycles. The summed E-state index contributed by atoms with van der Waals surface area (Å²) in [5.41, 5.74) is 0.921. The number of nitrogens with zero attached hydrogens (tertiary/aromatic N) is 4. The van der Waals surface area contributed by atoms with Gasteiger partial charge >= 0.3 is 0 Å². The van der Waals surface area contributed by atoms with Crippen LogP contribution in [0.4, 0.5) is 11.6 Å². The van der Waals surface area contributed by atoms with Crippen molar-refractivity contribution in [1.29, 1.82) is 0 Å². The van der Waals surface area contributed by atoms with Crippen LogP contribution >= 0.6 is 0 Å². The van der Waals surface area contributed by atoms with Gasteiger partial charge in [0.2, 0.25) is 5.91 Å². The van der Waals surface area contributed by atoms with Crippen LogP contribution in [0, 0.1) is 5.41 Å². The molecule has 174 valence electrons. The molecule has 1 aliphatic carbocycles. The van der Waals surface area contributed by atoms with E-state index in [4.69, 9.17) is 0 Å². The Bertz CT molecular complexity index is 1320. The van der Waals surface area contributed by atoms with Crippen LogP contribution in [0.3, 0.4) is 0 Å². The number of sulfone groups is 1. The van der Waals surface area contributed by atoms with Crippen molar-refractivity contribution in [3.05, 3.63) is 42.2 Å². The first-order chi connectivity index (χ1) is 15.4. The van der Waals surface area contributed by atoms with Gasteiger partial charge in [-0.3, -0.25) is 4.79 Å². The molecule has 4 rings (SSSR count). The molecule has 9 nitrogen and oxygen atoms in total. The Kier molecular flexibility index (Phi) is 5.73. The molecule has 2 aromatic heterocycles. The van der Waals surface area contributed by atoms with Gasteiger partial charge in [0.15, 0.2) is 27.2 Å². The summed E-state index contributed by atoms with van der Waals surface area (Å²) < 4.78 is 26.9. The van der Waals surface area contributed by atoms with Crippen molar-refractivity contribution in [3.8, 4) is 17.1 Å². The molecule has 33 heavy (non-hydrogen) atoms. The summed E-state index contributed by atoms with van der Waals surface area (Å²) >= 11 is 0. The van der Waals surface area contributed by atoms with Gasteiger partial charge in [-0.25, -0.2) is 18.4 Å². The second-order valence-corrected chi connectivity index (χ2v) is 11.5. The summed E-state index contributed by atoms with van der Waals surface area (Å²) in [5, 5.41) is 17.6. The first-order valence-electron chi connectivity index (χ1n) is 10.7. The molecule has 0 saturated heterocycles. The van der Waals surface area contributed by atoms with Crippen molar-refractivity contribution in [1.82, 2.24) is 19.7 Å². The molecule has 0 bridgehead atoms. The van der Waals surface area contributed by atoms with E-state index in [2.05, 4.69) is 20.4 Å². The van der Waals surface area contributed by atoms with E-state index in [1.54, 1.807) is 24.3 Å². The number of anilines is 2. The number of nitrogens with one attached hydrogen (secondary N) is 1. The van der Waals surface area contributed by atoms with Crippen LogP contribution in [0.2, 0.25) is 0 Å². The summed E-state index contributed by atoms with van der Waals surface area (Å²) in [4.78, 5) is 20.8. The van der Waals surface area contributed by atoms with Crippen molar-refractivity contribution in [2.75, 3.05) is 11.1 Å². The van der Waals surface area contributed by atoms with E-state index in [9.17, 15) is 18.3 Å². The lowest BCUT2D eigenvalue weighted by molar-refractivity contribution is 0.0923. The molecule has 1 saturated carbocycles. The van der Waals surface area contributed by atoms with E-state index >= 15 is 0 Å². The van der Waals surface area contributed by atoms with Gasteiger partial charge in [-0.15, -0.1) is 0 Å². The fraction of sp³-hybridized carbons (Fsp3) is 0.391. The van der Waals surface area contributed by atoms with Gasteiger partial charge in [-0.1, -0.05) is 32.9 Å². The molecule has 2 N–H and O–H groups in total. The Labute approximate surface area is 192 Å². The minimum absolute atomic E-state index is 0.00502. The lowest BCUT2D eigenvalue weighted by Gasteiger charge is -2.18. The maximum absolute atomic E-state index is 12.8. The zero-order valence-corrected chi connectivity index (χ0v) is 19.8. The maximum atomic E-state index is 12.8. The van der Waals surface area contributed by atoms with Gasteiger partial charge in [0.25, 0.3) is 0 Å². The number of aromatic hydroxyl groups is 1. The molecule has 3 aromatic rings. The summed E-state index contributed by atoms with van der Waals surface area (Å²) in [6.07, 6.45) is 3.30. The number of hydrogen-bond acceptors (Lipinski definition) is 8. The summed E-state index contributed by atoms with van der Waals surface area (Å²) in [6, 6.07) is 8.20.